The summed E-state index contributed by atoms with van der Waals surface area (Å²) in [6, 6.07) is 80.9. The van der Waals surface area contributed by atoms with Gasteiger partial charge in [0, 0.05) is 49.6 Å². The standard InChI is InChI=1S/C64H44N4/c1-4-16-43(17-5-1)44-30-32-45(33-31-44)58-42-59(66-64(65-58)46-18-6-2-7-19-46)51-22-14-20-47(38-51)49-34-36-57-55-27-11-13-29-61(55)68(63(57)40-49)53-25-15-21-48(39-53)50-35-37-56-54-26-10-12-28-60(54)67(62(56)41-50)52-23-8-3-9-24-52/h2-4,6-42H,1,5H2. The van der Waals surface area contributed by atoms with Crippen LogP contribution in [0.25, 0.3) is 117 Å². The average molecular weight is 869 g/mol. The number of hydrogen-bond acceptors (Lipinski definition) is 2. The third-order valence-corrected chi connectivity index (χ3v) is 13.6. The van der Waals surface area contributed by atoms with E-state index in [4.69, 9.17) is 9.97 Å². The predicted molar refractivity (Wildman–Crippen MR) is 284 cm³/mol. The van der Waals surface area contributed by atoms with Crippen LogP contribution in [0.3, 0.4) is 0 Å². The fourth-order valence-electron chi connectivity index (χ4n) is 10.2. The molecule has 0 radical (unpaired) electrons. The molecular weight excluding hydrogens is 825 g/mol. The summed E-state index contributed by atoms with van der Waals surface area (Å²) in [5.74, 6) is 0.706. The molecule has 0 unspecified atom stereocenters. The molecule has 1 aliphatic carbocycles. The molecule has 4 heteroatoms. The number of benzene rings is 9. The largest absolute Gasteiger partial charge is 0.309 e. The predicted octanol–water partition coefficient (Wildman–Crippen LogP) is 16.7. The van der Waals surface area contributed by atoms with Gasteiger partial charge in [-0.3, -0.25) is 0 Å². The van der Waals surface area contributed by atoms with Gasteiger partial charge in [-0.2, -0.15) is 0 Å². The minimum atomic E-state index is 0.706. The van der Waals surface area contributed by atoms with E-state index < -0.39 is 0 Å². The third kappa shape index (κ3) is 6.94. The van der Waals surface area contributed by atoms with Crippen LogP contribution in [0.5, 0.6) is 0 Å². The SMILES string of the molecule is C1=CC(c2ccc(-c3cc(-c4cccc(-c5ccc6c7ccccc7n(-c7cccc(-c8ccc9c%10ccccc%10n(-c%10ccccc%10)c9c8)c7)c6c5)c4)nc(-c4ccccc4)n3)cc2)=CCC1. The van der Waals surface area contributed by atoms with Crippen LogP contribution in [0, 0.1) is 0 Å². The zero-order chi connectivity index (χ0) is 45.0. The van der Waals surface area contributed by atoms with Crippen molar-refractivity contribution in [2.45, 2.75) is 12.8 Å². The first-order valence-electron chi connectivity index (χ1n) is 23.5. The van der Waals surface area contributed by atoms with Crippen LogP contribution in [0.4, 0.5) is 0 Å². The van der Waals surface area contributed by atoms with Crippen molar-refractivity contribution in [1.29, 1.82) is 0 Å². The fraction of sp³-hybridized carbons (Fsp3) is 0.0312. The second-order valence-electron chi connectivity index (χ2n) is 17.7. The maximum absolute atomic E-state index is 5.20. The van der Waals surface area contributed by atoms with Gasteiger partial charge in [0.05, 0.1) is 33.5 Å². The van der Waals surface area contributed by atoms with Gasteiger partial charge in [0.1, 0.15) is 0 Å². The Hall–Kier alpha value is -8.86. The molecule has 3 aromatic heterocycles. The van der Waals surface area contributed by atoms with Gasteiger partial charge in [0.25, 0.3) is 0 Å². The monoisotopic (exact) mass is 868 g/mol. The van der Waals surface area contributed by atoms with Gasteiger partial charge < -0.3 is 9.13 Å². The highest BCUT2D eigenvalue weighted by Gasteiger charge is 2.18. The van der Waals surface area contributed by atoms with Crippen molar-refractivity contribution in [3.05, 3.63) is 248 Å². The summed E-state index contributed by atoms with van der Waals surface area (Å²) in [6.07, 6.45) is 8.99. The first kappa shape index (κ1) is 39.5. The van der Waals surface area contributed by atoms with Crippen LogP contribution >= 0.6 is 0 Å². The van der Waals surface area contributed by atoms with Crippen molar-refractivity contribution >= 4 is 49.2 Å². The Labute approximate surface area is 395 Å². The van der Waals surface area contributed by atoms with Crippen molar-refractivity contribution in [2.75, 3.05) is 0 Å². The molecule has 9 aromatic carbocycles. The molecule has 68 heavy (non-hydrogen) atoms. The molecule has 0 N–H and O–H groups in total. The van der Waals surface area contributed by atoms with Crippen LogP contribution < -0.4 is 0 Å². The zero-order valence-corrected chi connectivity index (χ0v) is 37.3. The third-order valence-electron chi connectivity index (χ3n) is 13.6. The lowest BCUT2D eigenvalue weighted by Gasteiger charge is -2.13. The molecule has 13 rings (SSSR count). The molecule has 0 bridgehead atoms. The van der Waals surface area contributed by atoms with E-state index in [9.17, 15) is 0 Å². The molecule has 0 saturated carbocycles. The van der Waals surface area contributed by atoms with E-state index in [0.29, 0.717) is 5.82 Å². The Morgan fingerprint density at radius 3 is 1.46 bits per heavy atom. The van der Waals surface area contributed by atoms with Crippen LogP contribution in [-0.4, -0.2) is 19.1 Å². The molecule has 0 atom stereocenters. The van der Waals surface area contributed by atoms with Gasteiger partial charge in [-0.25, -0.2) is 9.97 Å². The van der Waals surface area contributed by atoms with Gasteiger partial charge in [0.2, 0.25) is 0 Å². The fourth-order valence-corrected chi connectivity index (χ4v) is 10.2. The molecule has 3 heterocycles. The lowest BCUT2D eigenvalue weighted by Crippen LogP contribution is -1.96. The summed E-state index contributed by atoms with van der Waals surface area (Å²) in [4.78, 5) is 10.3. The maximum atomic E-state index is 5.20. The molecule has 320 valence electrons. The van der Waals surface area contributed by atoms with E-state index in [-0.39, 0.29) is 0 Å². The Bertz CT molecular complexity index is 3950. The first-order valence-corrected chi connectivity index (χ1v) is 23.5. The van der Waals surface area contributed by atoms with Gasteiger partial charge in [-0.05, 0) is 107 Å². The summed E-state index contributed by atoms with van der Waals surface area (Å²) >= 11 is 0. The van der Waals surface area contributed by atoms with Gasteiger partial charge in [-0.1, -0.05) is 182 Å². The smallest absolute Gasteiger partial charge is 0.160 e. The maximum Gasteiger partial charge on any atom is 0.160 e. The molecule has 0 aliphatic heterocycles. The molecule has 0 fully saturated rings. The average Bonchev–Trinajstić information content (AvgIpc) is 3.94. The van der Waals surface area contributed by atoms with E-state index in [0.717, 1.165) is 74.5 Å². The van der Waals surface area contributed by atoms with Gasteiger partial charge in [-0.15, -0.1) is 0 Å². The number of nitrogens with zero attached hydrogens (tertiary/aromatic N) is 4. The highest BCUT2D eigenvalue weighted by Crippen LogP contribution is 2.39. The van der Waals surface area contributed by atoms with Crippen molar-refractivity contribution < 1.29 is 0 Å². The summed E-state index contributed by atoms with van der Waals surface area (Å²) < 4.78 is 4.82. The van der Waals surface area contributed by atoms with E-state index in [1.54, 1.807) is 0 Å². The molecule has 0 spiro atoms. The Morgan fingerprint density at radius 2 is 0.794 bits per heavy atom. The second-order valence-corrected chi connectivity index (χ2v) is 17.7. The van der Waals surface area contributed by atoms with E-state index in [1.807, 2.05) is 18.2 Å². The Morgan fingerprint density at radius 1 is 0.309 bits per heavy atom. The van der Waals surface area contributed by atoms with Crippen molar-refractivity contribution in [3.8, 4) is 67.5 Å². The number of para-hydroxylation sites is 3. The molecule has 0 amide bonds. The van der Waals surface area contributed by atoms with Crippen molar-refractivity contribution in [2.24, 2.45) is 0 Å². The highest BCUT2D eigenvalue weighted by atomic mass is 15.0. The molecular formula is C64H44N4. The number of fused-ring (bicyclic) bond motifs is 6. The lowest BCUT2D eigenvalue weighted by molar-refractivity contribution is 1.04. The van der Waals surface area contributed by atoms with Gasteiger partial charge in [0.15, 0.2) is 5.82 Å². The summed E-state index contributed by atoms with van der Waals surface area (Å²) in [7, 11) is 0. The zero-order valence-electron chi connectivity index (χ0n) is 37.3. The van der Waals surface area contributed by atoms with Crippen molar-refractivity contribution in [3.63, 3.8) is 0 Å². The molecule has 0 saturated heterocycles. The molecule has 12 aromatic rings. The summed E-state index contributed by atoms with van der Waals surface area (Å²) in [6.45, 7) is 0. The normalized spacial score (nSPS) is 12.6. The number of aromatic nitrogens is 4. The number of hydrogen-bond donors (Lipinski definition) is 0. The van der Waals surface area contributed by atoms with Crippen LogP contribution in [-0.2, 0) is 0 Å². The summed E-state index contributed by atoms with van der Waals surface area (Å²) in [5, 5.41) is 4.94. The summed E-state index contributed by atoms with van der Waals surface area (Å²) in [5.41, 5.74) is 18.9. The minimum Gasteiger partial charge on any atom is -0.309 e. The van der Waals surface area contributed by atoms with E-state index in [1.165, 1.54) is 54.8 Å². The van der Waals surface area contributed by atoms with E-state index in [2.05, 4.69) is 234 Å². The first-order chi connectivity index (χ1) is 33.7. The van der Waals surface area contributed by atoms with Crippen LogP contribution in [0.2, 0.25) is 0 Å². The highest BCUT2D eigenvalue weighted by molar-refractivity contribution is 6.11. The quantitative estimate of drug-likeness (QED) is 0.153. The van der Waals surface area contributed by atoms with Gasteiger partial charge >= 0.3 is 0 Å². The Balaban J connectivity index is 0.905. The number of allylic oxidation sites excluding steroid dienone is 4. The molecule has 1 aliphatic rings. The Kier molecular flexibility index (Phi) is 9.61. The minimum absolute atomic E-state index is 0.706. The van der Waals surface area contributed by atoms with Crippen LogP contribution in [0.1, 0.15) is 18.4 Å². The van der Waals surface area contributed by atoms with Crippen molar-refractivity contribution in [1.82, 2.24) is 19.1 Å². The number of rotatable bonds is 8. The van der Waals surface area contributed by atoms with E-state index >= 15 is 0 Å². The molecule has 4 nitrogen and oxygen atoms in total. The topological polar surface area (TPSA) is 35.6 Å². The van der Waals surface area contributed by atoms with Crippen LogP contribution in [0.15, 0.2) is 243 Å². The second kappa shape index (κ2) is 16.5. The lowest BCUT2D eigenvalue weighted by atomic mass is 9.97.